The second-order valence-electron chi connectivity index (χ2n) is 5.09. The molecule has 96 valence electrons. The Balaban J connectivity index is 2.16. The average Bonchev–Trinajstić information content (AvgIpc) is 2.62. The number of H-pyrrole nitrogens is 1. The lowest BCUT2D eigenvalue weighted by atomic mass is 9.80. The minimum Gasteiger partial charge on any atom is -0.494 e. The Morgan fingerprint density at radius 2 is 2.22 bits per heavy atom. The van der Waals surface area contributed by atoms with Gasteiger partial charge in [0.15, 0.2) is 4.77 Å². The van der Waals surface area contributed by atoms with Gasteiger partial charge in [0.1, 0.15) is 11.3 Å². The largest absolute Gasteiger partial charge is 0.494 e. The van der Waals surface area contributed by atoms with Crippen molar-refractivity contribution in [2.45, 2.75) is 32.2 Å². The molecule has 0 bridgehead atoms. The zero-order valence-corrected chi connectivity index (χ0v) is 11.6. The van der Waals surface area contributed by atoms with Crippen LogP contribution < -0.4 is 4.74 Å². The highest BCUT2D eigenvalue weighted by Gasteiger charge is 2.26. The van der Waals surface area contributed by atoms with E-state index in [1.807, 2.05) is 12.1 Å². The fraction of sp³-hybridized carbons (Fsp3) is 0.500. The van der Waals surface area contributed by atoms with Crippen molar-refractivity contribution in [2.24, 2.45) is 5.92 Å². The van der Waals surface area contributed by atoms with Crippen LogP contribution in [0.15, 0.2) is 18.2 Å². The van der Waals surface area contributed by atoms with Crippen LogP contribution in [0, 0.1) is 10.7 Å². The molecule has 1 fully saturated rings. The summed E-state index contributed by atoms with van der Waals surface area (Å²) in [5, 5.41) is 0. The number of imidazole rings is 1. The van der Waals surface area contributed by atoms with Crippen molar-refractivity contribution in [3.63, 3.8) is 0 Å². The van der Waals surface area contributed by atoms with Crippen LogP contribution in [-0.4, -0.2) is 16.7 Å². The number of para-hydroxylation sites is 1. The van der Waals surface area contributed by atoms with Gasteiger partial charge in [0.2, 0.25) is 0 Å². The molecule has 1 unspecified atom stereocenters. The maximum atomic E-state index is 5.48. The summed E-state index contributed by atoms with van der Waals surface area (Å²) >= 11 is 5.48. The fourth-order valence-electron chi connectivity index (χ4n) is 2.83. The summed E-state index contributed by atoms with van der Waals surface area (Å²) < 4.78 is 8.43. The Bertz CT molecular complexity index is 624. The normalized spacial score (nSPS) is 17.7. The molecule has 1 atom stereocenters. The van der Waals surface area contributed by atoms with E-state index in [0.717, 1.165) is 27.5 Å². The smallest absolute Gasteiger partial charge is 0.178 e. The Labute approximate surface area is 112 Å². The zero-order valence-electron chi connectivity index (χ0n) is 10.8. The van der Waals surface area contributed by atoms with Gasteiger partial charge in [-0.1, -0.05) is 12.5 Å². The molecular weight excluding hydrogens is 244 g/mol. The molecule has 1 saturated carbocycles. The summed E-state index contributed by atoms with van der Waals surface area (Å²) in [6.45, 7) is 2.27. The molecule has 0 radical (unpaired) electrons. The van der Waals surface area contributed by atoms with Crippen LogP contribution >= 0.6 is 12.2 Å². The fourth-order valence-corrected chi connectivity index (χ4v) is 3.20. The van der Waals surface area contributed by atoms with Crippen LogP contribution in [0.4, 0.5) is 0 Å². The van der Waals surface area contributed by atoms with E-state index in [1.54, 1.807) is 7.11 Å². The van der Waals surface area contributed by atoms with E-state index in [-0.39, 0.29) is 0 Å². The molecule has 0 saturated heterocycles. The topological polar surface area (TPSA) is 29.9 Å². The van der Waals surface area contributed by atoms with Gasteiger partial charge in [0, 0.05) is 6.04 Å². The molecule has 4 heteroatoms. The lowest BCUT2D eigenvalue weighted by molar-refractivity contribution is 0.224. The van der Waals surface area contributed by atoms with Crippen molar-refractivity contribution in [1.82, 2.24) is 9.55 Å². The van der Waals surface area contributed by atoms with E-state index in [1.165, 1.54) is 19.3 Å². The van der Waals surface area contributed by atoms with Crippen molar-refractivity contribution < 1.29 is 4.74 Å². The summed E-state index contributed by atoms with van der Waals surface area (Å²) in [5.74, 6) is 1.63. The van der Waals surface area contributed by atoms with E-state index in [9.17, 15) is 0 Å². The lowest BCUT2D eigenvalue weighted by Gasteiger charge is -2.32. The first-order valence-electron chi connectivity index (χ1n) is 6.49. The van der Waals surface area contributed by atoms with Crippen LogP contribution in [0.2, 0.25) is 0 Å². The molecule has 18 heavy (non-hydrogen) atoms. The minimum atomic E-state index is 0.465. The first-order chi connectivity index (χ1) is 8.72. The molecule has 1 aliphatic rings. The molecule has 1 aromatic heterocycles. The average molecular weight is 262 g/mol. The zero-order chi connectivity index (χ0) is 12.7. The molecule has 3 rings (SSSR count). The molecule has 1 aromatic carbocycles. The van der Waals surface area contributed by atoms with Crippen molar-refractivity contribution in [1.29, 1.82) is 0 Å². The van der Waals surface area contributed by atoms with Gasteiger partial charge in [-0.15, -0.1) is 0 Å². The van der Waals surface area contributed by atoms with Crippen LogP contribution in [-0.2, 0) is 0 Å². The quantitative estimate of drug-likeness (QED) is 0.845. The van der Waals surface area contributed by atoms with Gasteiger partial charge >= 0.3 is 0 Å². The second-order valence-corrected chi connectivity index (χ2v) is 5.47. The van der Waals surface area contributed by atoms with Gasteiger partial charge in [0.05, 0.1) is 12.6 Å². The third kappa shape index (κ3) is 1.67. The Hall–Kier alpha value is -1.29. The van der Waals surface area contributed by atoms with Gasteiger partial charge < -0.3 is 14.3 Å². The van der Waals surface area contributed by atoms with Gasteiger partial charge in [-0.05, 0) is 50.0 Å². The van der Waals surface area contributed by atoms with Crippen molar-refractivity contribution in [2.75, 3.05) is 7.11 Å². The first-order valence-corrected chi connectivity index (χ1v) is 6.90. The molecule has 0 amide bonds. The Morgan fingerprint density at radius 1 is 1.44 bits per heavy atom. The number of benzene rings is 1. The number of nitrogens with zero attached hydrogens (tertiary/aromatic N) is 1. The number of hydrogen-bond acceptors (Lipinski definition) is 2. The van der Waals surface area contributed by atoms with Gasteiger partial charge in [-0.3, -0.25) is 0 Å². The summed E-state index contributed by atoms with van der Waals surface area (Å²) in [6.07, 6.45) is 3.99. The molecule has 0 spiro atoms. The van der Waals surface area contributed by atoms with Crippen LogP contribution in [0.1, 0.15) is 32.2 Å². The Morgan fingerprint density at radius 3 is 2.83 bits per heavy atom. The van der Waals surface area contributed by atoms with Crippen molar-refractivity contribution >= 4 is 23.3 Å². The van der Waals surface area contributed by atoms with Gasteiger partial charge in [0.25, 0.3) is 0 Å². The summed E-state index contributed by atoms with van der Waals surface area (Å²) in [7, 11) is 1.69. The Kier molecular flexibility index (Phi) is 2.90. The number of aromatic amines is 1. The number of ether oxygens (including phenoxy) is 1. The number of nitrogens with one attached hydrogen (secondary N) is 1. The monoisotopic (exact) mass is 262 g/mol. The highest BCUT2D eigenvalue weighted by molar-refractivity contribution is 7.71. The molecule has 1 heterocycles. The maximum Gasteiger partial charge on any atom is 0.178 e. The van der Waals surface area contributed by atoms with E-state index in [0.29, 0.717) is 6.04 Å². The molecule has 1 N–H and O–H groups in total. The van der Waals surface area contributed by atoms with Crippen LogP contribution in [0.25, 0.3) is 11.0 Å². The summed E-state index contributed by atoms with van der Waals surface area (Å²) in [6, 6.07) is 6.56. The highest BCUT2D eigenvalue weighted by atomic mass is 32.1. The standard InChI is InChI=1S/C14H18N2OS/c1-9(10-5-3-6-10)16-11-7-4-8-12(17-2)13(11)15-14(16)18/h4,7-10H,3,5-6H2,1-2H3,(H,15,18). The van der Waals surface area contributed by atoms with Crippen LogP contribution in [0.5, 0.6) is 5.75 Å². The number of hydrogen-bond donors (Lipinski definition) is 1. The molecule has 1 aliphatic carbocycles. The third-order valence-corrected chi connectivity index (χ3v) is 4.47. The number of aromatic nitrogens is 2. The van der Waals surface area contributed by atoms with Gasteiger partial charge in [-0.2, -0.15) is 0 Å². The molecule has 0 aliphatic heterocycles. The third-order valence-electron chi connectivity index (χ3n) is 4.17. The van der Waals surface area contributed by atoms with E-state index < -0.39 is 0 Å². The predicted octanol–water partition coefficient (Wildman–Crippen LogP) is 4.07. The van der Waals surface area contributed by atoms with E-state index >= 15 is 0 Å². The SMILES string of the molecule is COc1cccc2c1[nH]c(=S)n2C(C)C1CCC1. The second kappa shape index (κ2) is 4.43. The van der Waals surface area contributed by atoms with Crippen LogP contribution in [0.3, 0.4) is 0 Å². The molecule has 2 aromatic rings. The predicted molar refractivity (Wildman–Crippen MR) is 75.7 cm³/mol. The summed E-state index contributed by atoms with van der Waals surface area (Å²) in [4.78, 5) is 3.28. The lowest BCUT2D eigenvalue weighted by Crippen LogP contribution is -2.22. The summed E-state index contributed by atoms with van der Waals surface area (Å²) in [5.41, 5.74) is 2.16. The number of fused-ring (bicyclic) bond motifs is 1. The van der Waals surface area contributed by atoms with Crippen molar-refractivity contribution in [3.05, 3.63) is 23.0 Å². The first kappa shape index (κ1) is 11.8. The maximum absolute atomic E-state index is 5.48. The number of methoxy groups -OCH3 is 1. The molecular formula is C14H18N2OS. The van der Waals surface area contributed by atoms with E-state index in [2.05, 4.69) is 22.5 Å². The van der Waals surface area contributed by atoms with E-state index in [4.69, 9.17) is 17.0 Å². The number of rotatable bonds is 3. The minimum absolute atomic E-state index is 0.465. The van der Waals surface area contributed by atoms with Crippen molar-refractivity contribution in [3.8, 4) is 5.75 Å². The highest BCUT2D eigenvalue weighted by Crippen LogP contribution is 2.38. The van der Waals surface area contributed by atoms with Gasteiger partial charge in [-0.25, -0.2) is 0 Å². The molecule has 3 nitrogen and oxygen atoms in total.